The van der Waals surface area contributed by atoms with Crippen LogP contribution in [-0.4, -0.2) is 52.1 Å². The van der Waals surface area contributed by atoms with Crippen molar-refractivity contribution >= 4 is 27.5 Å². The van der Waals surface area contributed by atoms with Crippen molar-refractivity contribution in [3.63, 3.8) is 0 Å². The van der Waals surface area contributed by atoms with Crippen molar-refractivity contribution in [2.45, 2.75) is 12.5 Å². The van der Waals surface area contributed by atoms with Crippen LogP contribution in [0.3, 0.4) is 0 Å². The van der Waals surface area contributed by atoms with Gasteiger partial charge in [-0.2, -0.15) is 0 Å². The highest BCUT2D eigenvalue weighted by atomic mass is 32.1. The molecule has 3 aromatic rings. The molecule has 0 N–H and O–H groups in total. The maximum absolute atomic E-state index is 12.7. The van der Waals surface area contributed by atoms with Gasteiger partial charge in [-0.1, -0.05) is 0 Å². The van der Waals surface area contributed by atoms with Gasteiger partial charge in [0.05, 0.1) is 29.4 Å². The average molecular weight is 356 g/mol. The van der Waals surface area contributed by atoms with E-state index in [4.69, 9.17) is 9.47 Å². The van der Waals surface area contributed by atoms with Gasteiger partial charge in [-0.3, -0.25) is 4.79 Å². The molecule has 25 heavy (non-hydrogen) atoms. The Kier molecular flexibility index (Phi) is 4.19. The predicted octanol–water partition coefficient (Wildman–Crippen LogP) is 2.39. The van der Waals surface area contributed by atoms with Gasteiger partial charge in [0.2, 0.25) is 0 Å². The quantitative estimate of drug-likeness (QED) is 0.714. The Morgan fingerprint density at radius 3 is 2.92 bits per heavy atom. The summed E-state index contributed by atoms with van der Waals surface area (Å²) >= 11 is 1.53. The predicted molar refractivity (Wildman–Crippen MR) is 93.1 cm³/mol. The minimum absolute atomic E-state index is 0.00695. The van der Waals surface area contributed by atoms with Gasteiger partial charge < -0.3 is 14.4 Å². The van der Waals surface area contributed by atoms with Crippen LogP contribution in [-0.2, 0) is 0 Å². The van der Waals surface area contributed by atoms with E-state index in [1.54, 1.807) is 22.8 Å². The Bertz CT molecular complexity index is 914. The zero-order valence-electron chi connectivity index (χ0n) is 13.6. The van der Waals surface area contributed by atoms with Crippen LogP contribution in [0.4, 0.5) is 0 Å². The normalized spacial score (nSPS) is 17.0. The topological polar surface area (TPSA) is 77.4 Å². The number of ether oxygens (including phenoxy) is 2. The van der Waals surface area contributed by atoms with Gasteiger partial charge >= 0.3 is 0 Å². The summed E-state index contributed by atoms with van der Waals surface area (Å²) < 4.78 is 12.0. The molecule has 2 aromatic heterocycles. The van der Waals surface area contributed by atoms with E-state index < -0.39 is 0 Å². The van der Waals surface area contributed by atoms with Crippen molar-refractivity contribution in [2.75, 3.05) is 20.2 Å². The van der Waals surface area contributed by atoms with Gasteiger partial charge in [-0.05, 0) is 18.2 Å². The van der Waals surface area contributed by atoms with Gasteiger partial charge in [0.25, 0.3) is 17.7 Å². The van der Waals surface area contributed by atoms with Crippen LogP contribution < -0.4 is 9.47 Å². The molecule has 1 saturated heterocycles. The number of methoxy groups -OCH3 is 1. The van der Waals surface area contributed by atoms with Gasteiger partial charge in [0, 0.05) is 30.9 Å². The van der Waals surface area contributed by atoms with Crippen LogP contribution in [0.2, 0.25) is 0 Å². The van der Waals surface area contributed by atoms with Gasteiger partial charge in [0.1, 0.15) is 6.10 Å². The van der Waals surface area contributed by atoms with Crippen molar-refractivity contribution in [1.29, 1.82) is 0 Å². The third-order valence-corrected chi connectivity index (χ3v) is 4.91. The van der Waals surface area contributed by atoms with E-state index in [2.05, 4.69) is 15.0 Å². The van der Waals surface area contributed by atoms with Gasteiger partial charge in [-0.25, -0.2) is 15.0 Å². The number of nitrogens with zero attached hydrogens (tertiary/aromatic N) is 4. The van der Waals surface area contributed by atoms with E-state index in [1.807, 2.05) is 18.2 Å². The van der Waals surface area contributed by atoms with E-state index in [1.165, 1.54) is 18.4 Å². The highest BCUT2D eigenvalue weighted by Crippen LogP contribution is 2.25. The first kappa shape index (κ1) is 15.8. The smallest absolute Gasteiger partial charge is 0.278 e. The second-order valence-electron chi connectivity index (χ2n) is 5.69. The third-order valence-electron chi connectivity index (χ3n) is 4.12. The Balaban J connectivity index is 1.45. The summed E-state index contributed by atoms with van der Waals surface area (Å²) in [5.74, 6) is 0.714. The van der Waals surface area contributed by atoms with Crippen LogP contribution in [0.25, 0.3) is 10.2 Å². The Hall–Kier alpha value is -2.74. The molecule has 8 heteroatoms. The zero-order valence-corrected chi connectivity index (χ0v) is 14.4. The minimum Gasteiger partial charge on any atom is -0.477 e. The Morgan fingerprint density at radius 1 is 1.24 bits per heavy atom. The first-order valence-electron chi connectivity index (χ1n) is 7.89. The maximum atomic E-state index is 12.7. The molecule has 1 atom stereocenters. The Morgan fingerprint density at radius 2 is 2.08 bits per heavy atom. The lowest BCUT2D eigenvalue weighted by Gasteiger charge is -2.17. The number of thiazole rings is 1. The molecule has 3 heterocycles. The monoisotopic (exact) mass is 356 g/mol. The summed E-state index contributed by atoms with van der Waals surface area (Å²) in [4.78, 5) is 27.0. The molecule has 1 fully saturated rings. The van der Waals surface area contributed by atoms with E-state index >= 15 is 0 Å². The molecule has 0 radical (unpaired) electrons. The second-order valence-corrected chi connectivity index (χ2v) is 6.57. The minimum atomic E-state index is -0.123. The lowest BCUT2D eigenvalue weighted by molar-refractivity contribution is 0.0770. The molecule has 0 unspecified atom stereocenters. The fourth-order valence-electron chi connectivity index (χ4n) is 2.87. The summed E-state index contributed by atoms with van der Waals surface area (Å²) in [6.07, 6.45) is 3.72. The maximum Gasteiger partial charge on any atom is 0.278 e. The molecule has 4 rings (SSSR count). The van der Waals surface area contributed by atoms with Crippen molar-refractivity contribution in [3.05, 3.63) is 41.7 Å². The molecule has 0 aliphatic carbocycles. The average Bonchev–Trinajstić information content (AvgIpc) is 3.30. The lowest BCUT2D eigenvalue weighted by Crippen LogP contribution is -2.31. The molecule has 1 amide bonds. The van der Waals surface area contributed by atoms with Crippen molar-refractivity contribution in [2.24, 2.45) is 0 Å². The molecule has 0 spiro atoms. The molecular formula is C17H16N4O3S. The third kappa shape index (κ3) is 3.12. The number of hydrogen-bond acceptors (Lipinski definition) is 7. The number of hydrogen-bond donors (Lipinski definition) is 0. The van der Waals surface area contributed by atoms with Crippen molar-refractivity contribution in [3.8, 4) is 11.8 Å². The van der Waals surface area contributed by atoms with Gasteiger partial charge in [0.15, 0.2) is 0 Å². The highest BCUT2D eigenvalue weighted by Gasteiger charge is 2.29. The standard InChI is InChI=1S/C17H16N4O3S/c1-23-15-16(19-6-5-18-15)24-12-4-7-21(9-12)17(22)11-2-3-13-14(8-11)25-10-20-13/h2-3,5-6,8,10,12H,4,7,9H2,1H3/t12-/m1/s1. The fourth-order valence-corrected chi connectivity index (χ4v) is 3.59. The number of rotatable bonds is 4. The second kappa shape index (κ2) is 6.64. The number of fused-ring (bicyclic) bond motifs is 1. The van der Waals surface area contributed by atoms with E-state index in [0.717, 1.165) is 16.6 Å². The number of carbonyl (C=O) groups excluding carboxylic acids is 1. The number of carbonyl (C=O) groups is 1. The van der Waals surface area contributed by atoms with Crippen LogP contribution in [0.15, 0.2) is 36.1 Å². The van der Waals surface area contributed by atoms with Crippen molar-refractivity contribution in [1.82, 2.24) is 19.9 Å². The fraction of sp³-hybridized carbons (Fsp3) is 0.294. The summed E-state index contributed by atoms with van der Waals surface area (Å²) in [7, 11) is 1.52. The molecule has 1 aliphatic rings. The number of likely N-dealkylation sites (tertiary alicyclic amines) is 1. The van der Waals surface area contributed by atoms with E-state index in [9.17, 15) is 4.79 Å². The van der Waals surface area contributed by atoms with Crippen LogP contribution >= 0.6 is 11.3 Å². The highest BCUT2D eigenvalue weighted by molar-refractivity contribution is 7.16. The van der Waals surface area contributed by atoms with Crippen LogP contribution in [0.5, 0.6) is 11.8 Å². The molecule has 7 nitrogen and oxygen atoms in total. The first-order chi connectivity index (χ1) is 12.2. The largest absolute Gasteiger partial charge is 0.477 e. The number of benzene rings is 1. The molecule has 1 aliphatic heterocycles. The van der Waals surface area contributed by atoms with E-state index in [-0.39, 0.29) is 12.0 Å². The first-order valence-corrected chi connectivity index (χ1v) is 8.77. The summed E-state index contributed by atoms with van der Waals surface area (Å²) in [5, 5.41) is 0. The molecule has 128 valence electrons. The van der Waals surface area contributed by atoms with Crippen LogP contribution in [0.1, 0.15) is 16.8 Å². The Labute approximate surface area is 148 Å². The summed E-state index contributed by atoms with van der Waals surface area (Å²) in [6.45, 7) is 1.16. The van der Waals surface area contributed by atoms with Crippen molar-refractivity contribution < 1.29 is 14.3 Å². The molecule has 0 bridgehead atoms. The SMILES string of the molecule is COc1nccnc1O[C@@H]1CCN(C(=O)c2ccc3ncsc3c2)C1. The zero-order chi connectivity index (χ0) is 17.2. The van der Waals surface area contributed by atoms with E-state index in [0.29, 0.717) is 30.4 Å². The molecule has 0 saturated carbocycles. The lowest BCUT2D eigenvalue weighted by atomic mass is 10.2. The van der Waals surface area contributed by atoms with Gasteiger partial charge in [-0.15, -0.1) is 11.3 Å². The summed E-state index contributed by atoms with van der Waals surface area (Å²) in [5.41, 5.74) is 3.38. The summed E-state index contributed by atoms with van der Waals surface area (Å²) in [6, 6.07) is 5.60. The molecule has 1 aromatic carbocycles. The number of aromatic nitrogens is 3. The van der Waals surface area contributed by atoms with Crippen LogP contribution in [0, 0.1) is 0 Å². The molecular weight excluding hydrogens is 340 g/mol. The number of amides is 1.